The molecule has 5 nitrogen and oxygen atoms in total. The summed E-state index contributed by atoms with van der Waals surface area (Å²) in [6.07, 6.45) is 10.6. The monoisotopic (exact) mass is 324 g/mol. The Kier molecular flexibility index (Phi) is 5.90. The first-order chi connectivity index (χ1) is 11.8. The van der Waals surface area contributed by atoms with Gasteiger partial charge in [-0.1, -0.05) is 0 Å². The van der Waals surface area contributed by atoms with Crippen LogP contribution in [0.3, 0.4) is 0 Å². The molecule has 1 aliphatic rings. The van der Waals surface area contributed by atoms with E-state index in [9.17, 15) is 4.79 Å². The van der Waals surface area contributed by atoms with Gasteiger partial charge in [-0.3, -0.25) is 19.7 Å². The predicted octanol–water partition coefficient (Wildman–Crippen LogP) is 2.19. The summed E-state index contributed by atoms with van der Waals surface area (Å²) in [6, 6.07) is 8.36. The fourth-order valence-electron chi connectivity index (χ4n) is 3.09. The third kappa shape index (κ3) is 5.13. The van der Waals surface area contributed by atoms with E-state index in [0.717, 1.165) is 44.5 Å². The molecule has 2 aromatic heterocycles. The molecule has 1 amide bonds. The number of hydrogen-bond donors (Lipinski definition) is 1. The van der Waals surface area contributed by atoms with Gasteiger partial charge < -0.3 is 5.32 Å². The van der Waals surface area contributed by atoms with E-state index < -0.39 is 0 Å². The molecule has 1 fully saturated rings. The number of amides is 1. The van der Waals surface area contributed by atoms with Crippen molar-refractivity contribution in [3.05, 3.63) is 60.2 Å². The van der Waals surface area contributed by atoms with E-state index in [2.05, 4.69) is 32.3 Å². The van der Waals surface area contributed by atoms with Crippen LogP contribution in [-0.2, 0) is 17.8 Å². The van der Waals surface area contributed by atoms with E-state index in [1.807, 2.05) is 24.5 Å². The second-order valence-corrected chi connectivity index (χ2v) is 6.33. The van der Waals surface area contributed by atoms with Crippen LogP contribution < -0.4 is 5.32 Å². The average Bonchev–Trinajstić information content (AvgIpc) is 2.63. The van der Waals surface area contributed by atoms with Crippen LogP contribution in [0.15, 0.2) is 49.1 Å². The molecule has 0 aliphatic carbocycles. The van der Waals surface area contributed by atoms with E-state index >= 15 is 0 Å². The number of nitrogens with one attached hydrogen (secondary N) is 1. The van der Waals surface area contributed by atoms with Crippen molar-refractivity contribution in [2.45, 2.75) is 38.3 Å². The number of rotatable bonds is 6. The molecule has 0 aromatic carbocycles. The summed E-state index contributed by atoms with van der Waals surface area (Å²) in [7, 11) is 0. The van der Waals surface area contributed by atoms with E-state index in [1.165, 1.54) is 5.56 Å². The lowest BCUT2D eigenvalue weighted by molar-refractivity contribution is -0.122. The van der Waals surface area contributed by atoms with Gasteiger partial charge in [0.15, 0.2) is 0 Å². The summed E-state index contributed by atoms with van der Waals surface area (Å²) in [6.45, 7) is 3.01. The molecule has 0 unspecified atom stereocenters. The zero-order valence-corrected chi connectivity index (χ0v) is 13.9. The van der Waals surface area contributed by atoms with Gasteiger partial charge in [0.2, 0.25) is 5.91 Å². The summed E-state index contributed by atoms with van der Waals surface area (Å²) in [5.41, 5.74) is 2.46. The van der Waals surface area contributed by atoms with Crippen LogP contribution in [0.1, 0.15) is 30.4 Å². The Morgan fingerprint density at radius 2 is 1.58 bits per heavy atom. The number of aryl methyl sites for hydroxylation is 1. The third-order valence-corrected chi connectivity index (χ3v) is 4.50. The van der Waals surface area contributed by atoms with E-state index in [0.29, 0.717) is 12.5 Å². The fraction of sp³-hybridized carbons (Fsp3) is 0.421. The third-order valence-electron chi connectivity index (χ3n) is 4.50. The van der Waals surface area contributed by atoms with Crippen LogP contribution in [0.25, 0.3) is 0 Å². The van der Waals surface area contributed by atoms with Crippen molar-refractivity contribution in [1.29, 1.82) is 0 Å². The number of likely N-dealkylation sites (tertiary alicyclic amines) is 1. The number of carbonyl (C=O) groups is 1. The Labute approximate surface area is 143 Å². The molecule has 0 atom stereocenters. The first-order valence-electron chi connectivity index (χ1n) is 8.59. The van der Waals surface area contributed by atoms with Crippen molar-refractivity contribution in [2.75, 3.05) is 13.1 Å². The average molecular weight is 324 g/mol. The molecular formula is C19H24N4O. The summed E-state index contributed by atoms with van der Waals surface area (Å²) < 4.78 is 0. The molecule has 24 heavy (non-hydrogen) atoms. The molecule has 0 bridgehead atoms. The van der Waals surface area contributed by atoms with Gasteiger partial charge in [0.05, 0.1) is 0 Å². The van der Waals surface area contributed by atoms with Gasteiger partial charge in [0.25, 0.3) is 0 Å². The Hall–Kier alpha value is -2.27. The van der Waals surface area contributed by atoms with Gasteiger partial charge in [-0.15, -0.1) is 0 Å². The molecule has 5 heteroatoms. The number of aromatic nitrogens is 2. The molecule has 1 saturated heterocycles. The smallest absolute Gasteiger partial charge is 0.220 e. The maximum atomic E-state index is 12.1. The standard InChI is InChI=1S/C19H24N4O/c24-19(2-1-16-3-9-20-10-4-16)22-18-7-13-23(14-8-18)15-17-5-11-21-12-6-17/h3-6,9-12,18H,1-2,7-8,13-15H2,(H,22,24). The minimum absolute atomic E-state index is 0.152. The second kappa shape index (κ2) is 8.55. The Balaban J connectivity index is 1.36. The van der Waals surface area contributed by atoms with Crippen molar-refractivity contribution in [1.82, 2.24) is 20.2 Å². The van der Waals surface area contributed by atoms with Crippen LogP contribution >= 0.6 is 0 Å². The van der Waals surface area contributed by atoms with E-state index in [-0.39, 0.29) is 5.91 Å². The largest absolute Gasteiger partial charge is 0.353 e. The van der Waals surface area contributed by atoms with Crippen LogP contribution in [-0.4, -0.2) is 39.9 Å². The molecule has 1 N–H and O–H groups in total. The zero-order valence-electron chi connectivity index (χ0n) is 13.9. The highest BCUT2D eigenvalue weighted by molar-refractivity contribution is 5.76. The number of hydrogen-bond acceptors (Lipinski definition) is 4. The highest BCUT2D eigenvalue weighted by atomic mass is 16.1. The predicted molar refractivity (Wildman–Crippen MR) is 93.2 cm³/mol. The molecule has 3 heterocycles. The quantitative estimate of drug-likeness (QED) is 0.885. The minimum Gasteiger partial charge on any atom is -0.353 e. The van der Waals surface area contributed by atoms with Crippen LogP contribution in [0.2, 0.25) is 0 Å². The first-order valence-corrected chi connectivity index (χ1v) is 8.59. The lowest BCUT2D eigenvalue weighted by atomic mass is 10.0. The normalized spacial score (nSPS) is 16.0. The molecule has 126 valence electrons. The van der Waals surface area contributed by atoms with Crippen molar-refractivity contribution in [2.24, 2.45) is 0 Å². The van der Waals surface area contributed by atoms with Gasteiger partial charge >= 0.3 is 0 Å². The minimum atomic E-state index is 0.152. The van der Waals surface area contributed by atoms with Crippen molar-refractivity contribution >= 4 is 5.91 Å². The van der Waals surface area contributed by atoms with Gasteiger partial charge in [-0.2, -0.15) is 0 Å². The maximum absolute atomic E-state index is 12.1. The van der Waals surface area contributed by atoms with Gasteiger partial charge in [0.1, 0.15) is 0 Å². The SMILES string of the molecule is O=C(CCc1ccncc1)NC1CCN(Cc2ccncc2)CC1. The summed E-state index contributed by atoms with van der Waals surface area (Å²) in [5.74, 6) is 0.152. The number of pyridine rings is 2. The number of nitrogens with zero attached hydrogens (tertiary/aromatic N) is 3. The van der Waals surface area contributed by atoms with Gasteiger partial charge in [0, 0.05) is 56.9 Å². The summed E-state index contributed by atoms with van der Waals surface area (Å²) in [5, 5.41) is 3.18. The topological polar surface area (TPSA) is 58.1 Å². The van der Waals surface area contributed by atoms with Crippen molar-refractivity contribution < 1.29 is 4.79 Å². The second-order valence-electron chi connectivity index (χ2n) is 6.33. The molecule has 0 saturated carbocycles. The highest BCUT2D eigenvalue weighted by Crippen LogP contribution is 2.14. The van der Waals surface area contributed by atoms with Crippen LogP contribution in [0.4, 0.5) is 0 Å². The molecular weight excluding hydrogens is 300 g/mol. The molecule has 1 aliphatic heterocycles. The summed E-state index contributed by atoms with van der Waals surface area (Å²) in [4.78, 5) is 22.6. The van der Waals surface area contributed by atoms with E-state index in [1.54, 1.807) is 12.4 Å². The Morgan fingerprint density at radius 1 is 1.00 bits per heavy atom. The van der Waals surface area contributed by atoms with Crippen molar-refractivity contribution in [3.63, 3.8) is 0 Å². The first kappa shape index (κ1) is 16.6. The summed E-state index contributed by atoms with van der Waals surface area (Å²) >= 11 is 0. The number of carbonyl (C=O) groups excluding carboxylic acids is 1. The molecule has 0 radical (unpaired) electrons. The maximum Gasteiger partial charge on any atom is 0.220 e. The van der Waals surface area contributed by atoms with Crippen LogP contribution in [0, 0.1) is 0 Å². The van der Waals surface area contributed by atoms with Crippen molar-refractivity contribution in [3.8, 4) is 0 Å². The molecule has 3 rings (SSSR count). The number of piperidine rings is 1. The lowest BCUT2D eigenvalue weighted by Crippen LogP contribution is -2.44. The lowest BCUT2D eigenvalue weighted by Gasteiger charge is -2.32. The van der Waals surface area contributed by atoms with E-state index in [4.69, 9.17) is 0 Å². The molecule has 2 aromatic rings. The van der Waals surface area contributed by atoms with Crippen LogP contribution in [0.5, 0.6) is 0 Å². The van der Waals surface area contributed by atoms with Gasteiger partial charge in [-0.25, -0.2) is 0 Å². The Morgan fingerprint density at radius 3 is 2.21 bits per heavy atom. The van der Waals surface area contributed by atoms with Gasteiger partial charge in [-0.05, 0) is 54.7 Å². The zero-order chi connectivity index (χ0) is 16.6. The Bertz CT molecular complexity index is 624. The molecule has 0 spiro atoms. The fourth-order valence-corrected chi connectivity index (χ4v) is 3.09. The highest BCUT2D eigenvalue weighted by Gasteiger charge is 2.20.